The van der Waals surface area contributed by atoms with Crippen molar-refractivity contribution in [3.63, 3.8) is 0 Å². The highest BCUT2D eigenvalue weighted by Crippen LogP contribution is 2.21. The Labute approximate surface area is 97.1 Å². The Hall–Kier alpha value is -1.51. The van der Waals surface area contributed by atoms with E-state index in [1.165, 1.54) is 5.56 Å². The van der Waals surface area contributed by atoms with Gasteiger partial charge in [0.2, 0.25) is 0 Å². The fourth-order valence-corrected chi connectivity index (χ4v) is 1.38. The lowest BCUT2D eigenvalue weighted by atomic mass is 9.99. The lowest BCUT2D eigenvalue weighted by molar-refractivity contribution is 0.284. The van der Waals surface area contributed by atoms with Gasteiger partial charge in [0, 0.05) is 0 Å². The third-order valence-electron chi connectivity index (χ3n) is 2.81. The van der Waals surface area contributed by atoms with Crippen LogP contribution < -0.4 is 10.5 Å². The van der Waals surface area contributed by atoms with Crippen molar-refractivity contribution in [2.75, 3.05) is 0 Å². The average molecular weight is 220 g/mol. The molecule has 1 aromatic rings. The van der Waals surface area contributed by atoms with Gasteiger partial charge in [-0.25, -0.2) is 0 Å². The van der Waals surface area contributed by atoms with Gasteiger partial charge >= 0.3 is 0 Å². The first-order valence-electron chi connectivity index (χ1n) is 5.65. The molecule has 0 spiro atoms. The number of benzene rings is 1. The third kappa shape index (κ3) is 3.26. The molecule has 0 saturated carbocycles. The summed E-state index contributed by atoms with van der Waals surface area (Å²) < 4.78 is 5.49. The highest BCUT2D eigenvalue weighted by atomic mass is 16.5. The van der Waals surface area contributed by atoms with Crippen LogP contribution in [-0.4, -0.2) is 11.9 Å². The fraction of sp³-hybridized carbons (Fsp3) is 0.462. The maximum absolute atomic E-state index is 7.24. The Morgan fingerprint density at radius 3 is 2.31 bits per heavy atom. The van der Waals surface area contributed by atoms with Crippen molar-refractivity contribution in [1.29, 1.82) is 5.41 Å². The Morgan fingerprint density at radius 2 is 1.88 bits per heavy atom. The first-order chi connectivity index (χ1) is 7.54. The largest absolute Gasteiger partial charge is 0.483 e. The normalized spacial score (nSPS) is 14.2. The van der Waals surface area contributed by atoms with Crippen LogP contribution in [0.5, 0.6) is 5.75 Å². The summed E-state index contributed by atoms with van der Waals surface area (Å²) in [7, 11) is 0. The van der Waals surface area contributed by atoms with Crippen LogP contribution in [0, 0.1) is 5.41 Å². The summed E-state index contributed by atoms with van der Waals surface area (Å²) in [5.74, 6) is 1.38. The number of nitrogens with one attached hydrogen (secondary N) is 1. The van der Waals surface area contributed by atoms with E-state index in [4.69, 9.17) is 15.9 Å². The number of rotatable bonds is 5. The molecule has 16 heavy (non-hydrogen) atoms. The summed E-state index contributed by atoms with van der Waals surface area (Å²) in [6, 6.07) is 7.99. The molecule has 0 amide bonds. The molecule has 0 radical (unpaired) electrons. The first-order valence-corrected chi connectivity index (χ1v) is 5.65. The van der Waals surface area contributed by atoms with Crippen molar-refractivity contribution < 1.29 is 4.74 Å². The van der Waals surface area contributed by atoms with Gasteiger partial charge in [0.15, 0.2) is 6.10 Å². The predicted molar refractivity (Wildman–Crippen MR) is 67.2 cm³/mol. The van der Waals surface area contributed by atoms with Gasteiger partial charge in [-0.1, -0.05) is 26.0 Å². The molecule has 0 fully saturated rings. The summed E-state index contributed by atoms with van der Waals surface area (Å²) in [4.78, 5) is 0. The Kier molecular flexibility index (Phi) is 4.35. The van der Waals surface area contributed by atoms with E-state index in [0.717, 1.165) is 12.2 Å². The molecule has 1 aromatic carbocycles. The van der Waals surface area contributed by atoms with E-state index < -0.39 is 0 Å². The van der Waals surface area contributed by atoms with Crippen LogP contribution in [0.15, 0.2) is 24.3 Å². The van der Waals surface area contributed by atoms with E-state index in [-0.39, 0.29) is 11.9 Å². The molecular formula is C13H20N2O. The highest BCUT2D eigenvalue weighted by Gasteiger charge is 2.07. The number of ether oxygens (including phenoxy) is 1. The zero-order chi connectivity index (χ0) is 12.1. The van der Waals surface area contributed by atoms with Gasteiger partial charge in [-0.3, -0.25) is 5.41 Å². The zero-order valence-corrected chi connectivity index (χ0v) is 10.2. The monoisotopic (exact) mass is 220 g/mol. The standard InChI is InChI=1S/C13H20N2O/c1-4-9(2)11-5-7-12(8-6-11)16-10(3)13(14)15/h5-10H,4H2,1-3H3,(H3,14,15). The van der Waals surface area contributed by atoms with Crippen molar-refractivity contribution in [3.8, 4) is 5.75 Å². The quantitative estimate of drug-likeness (QED) is 0.592. The third-order valence-corrected chi connectivity index (χ3v) is 2.81. The lowest BCUT2D eigenvalue weighted by Gasteiger charge is -2.14. The minimum atomic E-state index is -0.366. The SMILES string of the molecule is CCC(C)c1ccc(OC(C)C(=N)N)cc1. The molecule has 3 nitrogen and oxygen atoms in total. The van der Waals surface area contributed by atoms with E-state index in [1.54, 1.807) is 6.92 Å². The van der Waals surface area contributed by atoms with Crippen molar-refractivity contribution in [2.24, 2.45) is 5.73 Å². The van der Waals surface area contributed by atoms with E-state index in [9.17, 15) is 0 Å². The van der Waals surface area contributed by atoms with Crippen molar-refractivity contribution in [3.05, 3.63) is 29.8 Å². The molecule has 0 aromatic heterocycles. The van der Waals surface area contributed by atoms with Crippen LogP contribution >= 0.6 is 0 Å². The molecular weight excluding hydrogens is 200 g/mol. The number of hydrogen-bond acceptors (Lipinski definition) is 2. The maximum atomic E-state index is 7.24. The minimum absolute atomic E-state index is 0.0472. The van der Waals surface area contributed by atoms with E-state index in [2.05, 4.69) is 26.0 Å². The maximum Gasteiger partial charge on any atom is 0.152 e. The summed E-state index contributed by atoms with van der Waals surface area (Å²) in [6.07, 6.45) is 0.763. The number of hydrogen-bond donors (Lipinski definition) is 2. The molecule has 3 N–H and O–H groups in total. The Balaban J connectivity index is 2.68. The van der Waals surface area contributed by atoms with Crippen LogP contribution in [0.2, 0.25) is 0 Å². The molecule has 0 bridgehead atoms. The van der Waals surface area contributed by atoms with Gasteiger partial charge in [0.05, 0.1) is 0 Å². The minimum Gasteiger partial charge on any atom is -0.483 e. The highest BCUT2D eigenvalue weighted by molar-refractivity contribution is 5.81. The van der Waals surface area contributed by atoms with Crippen LogP contribution in [0.1, 0.15) is 38.7 Å². The molecule has 1 rings (SSSR count). The van der Waals surface area contributed by atoms with E-state index in [0.29, 0.717) is 5.92 Å². The topological polar surface area (TPSA) is 59.1 Å². The predicted octanol–water partition coefficient (Wildman–Crippen LogP) is 2.90. The summed E-state index contributed by atoms with van der Waals surface area (Å²) in [6.45, 7) is 6.14. The zero-order valence-electron chi connectivity index (χ0n) is 10.2. The van der Waals surface area contributed by atoms with Gasteiger partial charge in [0.1, 0.15) is 11.6 Å². The second kappa shape index (κ2) is 5.54. The second-order valence-electron chi connectivity index (χ2n) is 4.09. The first kappa shape index (κ1) is 12.6. The summed E-state index contributed by atoms with van der Waals surface area (Å²) in [5, 5.41) is 7.24. The van der Waals surface area contributed by atoms with E-state index in [1.807, 2.05) is 12.1 Å². The summed E-state index contributed by atoms with van der Waals surface area (Å²) in [5.41, 5.74) is 6.65. The van der Waals surface area contributed by atoms with Crippen LogP contribution in [0.25, 0.3) is 0 Å². The smallest absolute Gasteiger partial charge is 0.152 e. The molecule has 0 heterocycles. The molecule has 88 valence electrons. The molecule has 0 aliphatic heterocycles. The summed E-state index contributed by atoms with van der Waals surface area (Å²) >= 11 is 0. The van der Waals surface area contributed by atoms with Crippen LogP contribution in [0.3, 0.4) is 0 Å². The molecule has 0 aliphatic carbocycles. The van der Waals surface area contributed by atoms with E-state index >= 15 is 0 Å². The average Bonchev–Trinajstić information content (AvgIpc) is 2.28. The fourth-order valence-electron chi connectivity index (χ4n) is 1.38. The second-order valence-corrected chi connectivity index (χ2v) is 4.09. The van der Waals surface area contributed by atoms with Gasteiger partial charge in [-0.15, -0.1) is 0 Å². The number of nitrogens with two attached hydrogens (primary N) is 1. The molecule has 2 atom stereocenters. The Morgan fingerprint density at radius 1 is 1.31 bits per heavy atom. The molecule has 3 heteroatoms. The molecule has 0 aliphatic rings. The van der Waals surface area contributed by atoms with Gasteiger partial charge in [-0.2, -0.15) is 0 Å². The molecule has 2 unspecified atom stereocenters. The van der Waals surface area contributed by atoms with Gasteiger partial charge in [-0.05, 0) is 37.0 Å². The van der Waals surface area contributed by atoms with Gasteiger partial charge < -0.3 is 10.5 Å². The van der Waals surface area contributed by atoms with Gasteiger partial charge in [0.25, 0.3) is 0 Å². The van der Waals surface area contributed by atoms with Crippen molar-refractivity contribution >= 4 is 5.84 Å². The number of amidine groups is 1. The Bertz CT molecular complexity index is 345. The van der Waals surface area contributed by atoms with Crippen molar-refractivity contribution in [1.82, 2.24) is 0 Å². The molecule has 0 saturated heterocycles. The van der Waals surface area contributed by atoms with Crippen molar-refractivity contribution in [2.45, 2.75) is 39.2 Å². The van der Waals surface area contributed by atoms with Crippen LogP contribution in [0.4, 0.5) is 0 Å². The lowest BCUT2D eigenvalue weighted by Crippen LogP contribution is -2.29. The van der Waals surface area contributed by atoms with Crippen LogP contribution in [-0.2, 0) is 0 Å².